The van der Waals surface area contributed by atoms with Crippen LogP contribution in [0.5, 0.6) is 5.75 Å². The number of ether oxygens (including phenoxy) is 1. The van der Waals surface area contributed by atoms with Crippen molar-refractivity contribution in [3.63, 3.8) is 0 Å². The Hall–Kier alpha value is -1.26. The lowest BCUT2D eigenvalue weighted by molar-refractivity contribution is 0.152. The van der Waals surface area contributed by atoms with Crippen LogP contribution in [-0.2, 0) is 0 Å². The first kappa shape index (κ1) is 13.2. The molecule has 0 aliphatic heterocycles. The van der Waals surface area contributed by atoms with Crippen LogP contribution in [0.15, 0.2) is 45.3 Å². The van der Waals surface area contributed by atoms with Crippen molar-refractivity contribution in [2.75, 3.05) is 0 Å². The van der Waals surface area contributed by atoms with E-state index in [-0.39, 0.29) is 12.1 Å². The van der Waals surface area contributed by atoms with E-state index in [1.165, 1.54) is 0 Å². The first-order valence-corrected chi connectivity index (χ1v) is 6.59. The van der Waals surface area contributed by atoms with E-state index in [4.69, 9.17) is 14.9 Å². The molecule has 0 aliphatic rings. The normalized spacial score (nSPS) is 14.2. The molecule has 96 valence electrons. The number of rotatable bonds is 4. The summed E-state index contributed by atoms with van der Waals surface area (Å²) in [6, 6.07) is 11.3. The van der Waals surface area contributed by atoms with Gasteiger partial charge in [-0.25, -0.2) is 0 Å². The molecule has 3 nitrogen and oxygen atoms in total. The molecule has 1 aromatic heterocycles. The minimum absolute atomic E-state index is 0.154. The summed E-state index contributed by atoms with van der Waals surface area (Å²) in [6.07, 6.45) is -0.278. The summed E-state index contributed by atoms with van der Waals surface area (Å²) in [4.78, 5) is 0. The molecule has 2 atom stereocenters. The van der Waals surface area contributed by atoms with Crippen LogP contribution >= 0.6 is 15.9 Å². The number of benzene rings is 1. The van der Waals surface area contributed by atoms with Crippen LogP contribution in [0.4, 0.5) is 0 Å². The van der Waals surface area contributed by atoms with Gasteiger partial charge in [-0.05, 0) is 50.2 Å². The van der Waals surface area contributed by atoms with Gasteiger partial charge in [0.25, 0.3) is 0 Å². The van der Waals surface area contributed by atoms with Crippen LogP contribution < -0.4 is 10.5 Å². The molecule has 0 aliphatic carbocycles. The maximum atomic E-state index is 5.96. The number of aryl methyl sites for hydroxylation is 1. The standard InChI is InChI=1S/C14H16BrNO2/c1-9-3-8-13(17-9)14(10(2)16)18-12-6-4-11(15)5-7-12/h3-8,10,14H,16H2,1-2H3. The lowest BCUT2D eigenvalue weighted by Crippen LogP contribution is -2.28. The Labute approximate surface area is 115 Å². The molecule has 0 bridgehead atoms. The number of hydrogen-bond donors (Lipinski definition) is 1. The first-order chi connectivity index (χ1) is 8.56. The fraction of sp³-hybridized carbons (Fsp3) is 0.286. The number of nitrogens with two attached hydrogens (primary N) is 1. The van der Waals surface area contributed by atoms with Crippen LogP contribution in [0.3, 0.4) is 0 Å². The molecule has 0 fully saturated rings. The van der Waals surface area contributed by atoms with Gasteiger partial charge in [0, 0.05) is 10.5 Å². The molecule has 0 spiro atoms. The Kier molecular flexibility index (Phi) is 4.09. The largest absolute Gasteiger partial charge is 0.481 e. The van der Waals surface area contributed by atoms with Crippen molar-refractivity contribution in [1.29, 1.82) is 0 Å². The predicted molar refractivity (Wildman–Crippen MR) is 74.6 cm³/mol. The molecular weight excluding hydrogens is 294 g/mol. The summed E-state index contributed by atoms with van der Waals surface area (Å²) < 4.78 is 12.5. The van der Waals surface area contributed by atoms with Crippen molar-refractivity contribution in [2.24, 2.45) is 5.73 Å². The van der Waals surface area contributed by atoms with Gasteiger partial charge in [-0.1, -0.05) is 15.9 Å². The number of halogens is 1. The van der Waals surface area contributed by atoms with Crippen molar-refractivity contribution < 1.29 is 9.15 Å². The molecule has 2 N–H and O–H groups in total. The van der Waals surface area contributed by atoms with E-state index >= 15 is 0 Å². The fourth-order valence-corrected chi connectivity index (χ4v) is 1.95. The van der Waals surface area contributed by atoms with Gasteiger partial charge in [0.2, 0.25) is 0 Å². The highest BCUT2D eigenvalue weighted by Gasteiger charge is 2.21. The first-order valence-electron chi connectivity index (χ1n) is 5.80. The Bertz CT molecular complexity index is 505. The van der Waals surface area contributed by atoms with E-state index in [0.717, 1.165) is 21.7 Å². The number of hydrogen-bond acceptors (Lipinski definition) is 3. The molecule has 2 rings (SSSR count). The topological polar surface area (TPSA) is 48.4 Å². The second-order valence-electron chi connectivity index (χ2n) is 4.30. The van der Waals surface area contributed by atoms with Gasteiger partial charge in [0.05, 0.1) is 0 Å². The summed E-state index contributed by atoms with van der Waals surface area (Å²) in [7, 11) is 0. The molecule has 18 heavy (non-hydrogen) atoms. The average molecular weight is 310 g/mol. The molecule has 0 saturated carbocycles. The zero-order chi connectivity index (χ0) is 13.1. The van der Waals surface area contributed by atoms with E-state index in [2.05, 4.69) is 15.9 Å². The highest BCUT2D eigenvalue weighted by molar-refractivity contribution is 9.10. The molecule has 0 amide bonds. The second kappa shape index (κ2) is 5.59. The lowest BCUT2D eigenvalue weighted by atomic mass is 10.1. The Balaban J connectivity index is 2.19. The summed E-state index contributed by atoms with van der Waals surface area (Å²) in [5, 5.41) is 0. The molecule has 4 heteroatoms. The Morgan fingerprint density at radius 1 is 1.17 bits per heavy atom. The quantitative estimate of drug-likeness (QED) is 0.934. The van der Waals surface area contributed by atoms with Crippen LogP contribution in [0, 0.1) is 6.92 Å². The highest BCUT2D eigenvalue weighted by Crippen LogP contribution is 2.26. The van der Waals surface area contributed by atoms with E-state index in [1.54, 1.807) is 0 Å². The van der Waals surface area contributed by atoms with Gasteiger partial charge in [-0.2, -0.15) is 0 Å². The lowest BCUT2D eigenvalue weighted by Gasteiger charge is -2.20. The summed E-state index contributed by atoms with van der Waals surface area (Å²) in [6.45, 7) is 3.81. The molecule has 2 aromatic rings. The van der Waals surface area contributed by atoms with Crippen LogP contribution in [0.1, 0.15) is 24.5 Å². The zero-order valence-electron chi connectivity index (χ0n) is 10.4. The third kappa shape index (κ3) is 3.15. The van der Waals surface area contributed by atoms with Crippen LogP contribution in [0.2, 0.25) is 0 Å². The van der Waals surface area contributed by atoms with Crippen molar-refractivity contribution >= 4 is 15.9 Å². The van der Waals surface area contributed by atoms with Gasteiger partial charge >= 0.3 is 0 Å². The smallest absolute Gasteiger partial charge is 0.171 e. The summed E-state index contributed by atoms with van der Waals surface area (Å²) in [5.74, 6) is 2.38. The van der Waals surface area contributed by atoms with E-state index < -0.39 is 0 Å². The highest BCUT2D eigenvalue weighted by atomic mass is 79.9. The minimum Gasteiger partial charge on any atom is -0.481 e. The van der Waals surface area contributed by atoms with Crippen molar-refractivity contribution in [1.82, 2.24) is 0 Å². The second-order valence-corrected chi connectivity index (χ2v) is 5.22. The van der Waals surface area contributed by atoms with Gasteiger partial charge in [0.1, 0.15) is 17.3 Å². The predicted octanol–water partition coefficient (Wildman–Crippen LogP) is 3.82. The van der Waals surface area contributed by atoms with Gasteiger partial charge in [-0.3, -0.25) is 0 Å². The van der Waals surface area contributed by atoms with Gasteiger partial charge in [0.15, 0.2) is 6.10 Å². The number of furan rings is 1. The third-order valence-electron chi connectivity index (χ3n) is 2.60. The minimum atomic E-state index is -0.278. The van der Waals surface area contributed by atoms with Gasteiger partial charge < -0.3 is 14.9 Å². The molecule has 1 aromatic carbocycles. The monoisotopic (exact) mass is 309 g/mol. The van der Waals surface area contributed by atoms with Gasteiger partial charge in [-0.15, -0.1) is 0 Å². The molecule has 2 unspecified atom stereocenters. The molecule has 0 radical (unpaired) electrons. The molecule has 0 saturated heterocycles. The summed E-state index contributed by atoms with van der Waals surface area (Å²) >= 11 is 3.39. The van der Waals surface area contributed by atoms with Crippen LogP contribution in [-0.4, -0.2) is 6.04 Å². The van der Waals surface area contributed by atoms with E-state index in [0.29, 0.717) is 0 Å². The van der Waals surface area contributed by atoms with Crippen LogP contribution in [0.25, 0.3) is 0 Å². The van der Waals surface area contributed by atoms with Crippen molar-refractivity contribution in [3.8, 4) is 5.75 Å². The fourth-order valence-electron chi connectivity index (χ4n) is 1.69. The van der Waals surface area contributed by atoms with Crippen molar-refractivity contribution in [3.05, 3.63) is 52.4 Å². The van der Waals surface area contributed by atoms with Crippen molar-refractivity contribution in [2.45, 2.75) is 26.0 Å². The maximum absolute atomic E-state index is 5.96. The Morgan fingerprint density at radius 3 is 2.33 bits per heavy atom. The average Bonchev–Trinajstić information content (AvgIpc) is 2.74. The summed E-state index contributed by atoms with van der Waals surface area (Å²) in [5.41, 5.74) is 5.96. The molecule has 1 heterocycles. The van der Waals surface area contributed by atoms with E-state index in [1.807, 2.05) is 50.2 Å². The van der Waals surface area contributed by atoms with E-state index in [9.17, 15) is 0 Å². The zero-order valence-corrected chi connectivity index (χ0v) is 12.0. The Morgan fingerprint density at radius 2 is 1.83 bits per heavy atom. The maximum Gasteiger partial charge on any atom is 0.171 e. The third-order valence-corrected chi connectivity index (χ3v) is 3.12. The molecular formula is C14H16BrNO2. The SMILES string of the molecule is Cc1ccc(C(Oc2ccc(Br)cc2)C(C)N)o1.